The largest absolute Gasteiger partial charge is 0.398 e. The van der Waals surface area contributed by atoms with Gasteiger partial charge < -0.3 is 11.1 Å². The van der Waals surface area contributed by atoms with Crippen LogP contribution in [0.15, 0.2) is 48.5 Å². The van der Waals surface area contributed by atoms with Gasteiger partial charge in [0.25, 0.3) is 0 Å². The average molecular weight is 295 g/mol. The molecule has 0 spiro atoms. The van der Waals surface area contributed by atoms with Crippen LogP contribution in [0.4, 0.5) is 11.4 Å². The summed E-state index contributed by atoms with van der Waals surface area (Å²) >= 11 is 0. The van der Waals surface area contributed by atoms with Crippen molar-refractivity contribution in [3.63, 3.8) is 0 Å². The molecule has 3 heteroatoms. The molecule has 0 amide bonds. The normalized spacial score (nSPS) is 16.6. The maximum atomic E-state index is 6.04. The van der Waals surface area contributed by atoms with Gasteiger partial charge in [-0.2, -0.15) is 0 Å². The van der Waals surface area contributed by atoms with Crippen molar-refractivity contribution in [3.8, 4) is 0 Å². The van der Waals surface area contributed by atoms with E-state index in [-0.39, 0.29) is 0 Å². The van der Waals surface area contributed by atoms with Gasteiger partial charge in [-0.15, -0.1) is 0 Å². The number of piperidine rings is 1. The third-order valence-corrected chi connectivity index (χ3v) is 4.46. The minimum Gasteiger partial charge on any atom is -0.398 e. The molecule has 1 aliphatic heterocycles. The van der Waals surface area contributed by atoms with E-state index < -0.39 is 0 Å². The van der Waals surface area contributed by atoms with Gasteiger partial charge in [0.15, 0.2) is 0 Å². The van der Waals surface area contributed by atoms with Gasteiger partial charge >= 0.3 is 0 Å². The molecule has 116 valence electrons. The molecule has 0 saturated carbocycles. The molecule has 0 radical (unpaired) electrons. The van der Waals surface area contributed by atoms with Gasteiger partial charge in [-0.25, -0.2) is 0 Å². The first-order chi connectivity index (χ1) is 10.7. The fourth-order valence-corrected chi connectivity index (χ4v) is 3.04. The maximum Gasteiger partial charge on any atom is 0.0359 e. The Balaban J connectivity index is 1.50. The highest BCUT2D eigenvalue weighted by Gasteiger charge is 2.19. The van der Waals surface area contributed by atoms with E-state index in [4.69, 9.17) is 5.73 Å². The molecule has 1 aliphatic rings. The van der Waals surface area contributed by atoms with Crippen LogP contribution in [0.25, 0.3) is 0 Å². The predicted octanol–water partition coefficient (Wildman–Crippen LogP) is 3.65. The number of nitrogens with zero attached hydrogens (tertiary/aromatic N) is 1. The second-order valence-electron chi connectivity index (χ2n) is 6.26. The molecule has 0 aromatic heterocycles. The highest BCUT2D eigenvalue weighted by Crippen LogP contribution is 2.20. The standard InChI is InChI=1S/C19H25N3/c1-15-6-8-17(9-7-15)21-18-10-12-22(13-11-18)14-16-4-2-3-5-19(16)20/h2-9,18,21H,10-14,20H2,1H3. The Bertz CT molecular complexity index is 598. The fourth-order valence-electron chi connectivity index (χ4n) is 3.04. The van der Waals surface area contributed by atoms with E-state index in [1.54, 1.807) is 0 Å². The summed E-state index contributed by atoms with van der Waals surface area (Å²) in [5.74, 6) is 0. The summed E-state index contributed by atoms with van der Waals surface area (Å²) in [7, 11) is 0. The Morgan fingerprint density at radius 2 is 1.73 bits per heavy atom. The first kappa shape index (κ1) is 14.9. The van der Waals surface area contributed by atoms with Gasteiger partial charge in [0.2, 0.25) is 0 Å². The summed E-state index contributed by atoms with van der Waals surface area (Å²) in [4.78, 5) is 2.50. The van der Waals surface area contributed by atoms with Crippen molar-refractivity contribution in [3.05, 3.63) is 59.7 Å². The van der Waals surface area contributed by atoms with Crippen LogP contribution in [-0.4, -0.2) is 24.0 Å². The van der Waals surface area contributed by atoms with E-state index in [1.807, 2.05) is 12.1 Å². The topological polar surface area (TPSA) is 41.3 Å². The van der Waals surface area contributed by atoms with E-state index >= 15 is 0 Å². The quantitative estimate of drug-likeness (QED) is 0.846. The van der Waals surface area contributed by atoms with Gasteiger partial charge in [-0.3, -0.25) is 4.90 Å². The molecule has 1 saturated heterocycles. The number of hydrogen-bond acceptors (Lipinski definition) is 3. The highest BCUT2D eigenvalue weighted by molar-refractivity contribution is 5.46. The average Bonchev–Trinajstić information content (AvgIpc) is 2.54. The van der Waals surface area contributed by atoms with Crippen LogP contribution in [0, 0.1) is 6.92 Å². The lowest BCUT2D eigenvalue weighted by Gasteiger charge is -2.33. The van der Waals surface area contributed by atoms with Crippen LogP contribution in [0.1, 0.15) is 24.0 Å². The van der Waals surface area contributed by atoms with Crippen molar-refractivity contribution in [2.75, 3.05) is 24.1 Å². The zero-order valence-corrected chi connectivity index (χ0v) is 13.3. The first-order valence-electron chi connectivity index (χ1n) is 8.09. The minimum atomic E-state index is 0.576. The highest BCUT2D eigenvalue weighted by atomic mass is 15.1. The summed E-state index contributed by atoms with van der Waals surface area (Å²) in [5, 5.41) is 3.65. The van der Waals surface area contributed by atoms with Crippen molar-refractivity contribution in [1.29, 1.82) is 0 Å². The van der Waals surface area contributed by atoms with E-state index in [9.17, 15) is 0 Å². The first-order valence-corrected chi connectivity index (χ1v) is 8.09. The minimum absolute atomic E-state index is 0.576. The van der Waals surface area contributed by atoms with Gasteiger partial charge in [0.1, 0.15) is 0 Å². The number of nitrogen functional groups attached to an aromatic ring is 1. The summed E-state index contributed by atoms with van der Waals surface area (Å²) in [6.07, 6.45) is 2.36. The van der Waals surface area contributed by atoms with Gasteiger partial charge in [0, 0.05) is 37.1 Å². The second-order valence-corrected chi connectivity index (χ2v) is 6.26. The van der Waals surface area contributed by atoms with Crippen LogP contribution in [-0.2, 0) is 6.54 Å². The molecule has 0 bridgehead atoms. The number of rotatable bonds is 4. The second kappa shape index (κ2) is 6.84. The number of hydrogen-bond donors (Lipinski definition) is 2. The van der Waals surface area contributed by atoms with E-state index in [2.05, 4.69) is 53.5 Å². The zero-order chi connectivity index (χ0) is 15.4. The van der Waals surface area contributed by atoms with Gasteiger partial charge in [-0.1, -0.05) is 35.9 Å². The Labute approximate surface area is 133 Å². The third-order valence-electron chi connectivity index (χ3n) is 4.46. The lowest BCUT2D eigenvalue weighted by molar-refractivity contribution is 0.211. The van der Waals surface area contributed by atoms with E-state index in [1.165, 1.54) is 29.7 Å². The number of nitrogens with two attached hydrogens (primary N) is 1. The van der Waals surface area contributed by atoms with E-state index in [0.717, 1.165) is 25.3 Å². The van der Waals surface area contributed by atoms with Crippen molar-refractivity contribution in [2.45, 2.75) is 32.4 Å². The molecular weight excluding hydrogens is 270 g/mol. The summed E-state index contributed by atoms with van der Waals surface area (Å²) in [6.45, 7) is 5.33. The molecule has 0 atom stereocenters. The molecule has 3 nitrogen and oxygen atoms in total. The van der Waals surface area contributed by atoms with Crippen molar-refractivity contribution < 1.29 is 0 Å². The van der Waals surface area contributed by atoms with Gasteiger partial charge in [-0.05, 0) is 43.5 Å². The number of likely N-dealkylation sites (tertiary alicyclic amines) is 1. The van der Waals surface area contributed by atoms with Crippen LogP contribution >= 0.6 is 0 Å². The Kier molecular flexibility index (Phi) is 4.64. The number of benzene rings is 2. The summed E-state index contributed by atoms with van der Waals surface area (Å²) in [5.41, 5.74) is 10.7. The maximum absolute atomic E-state index is 6.04. The molecule has 1 fully saturated rings. The van der Waals surface area contributed by atoms with E-state index in [0.29, 0.717) is 6.04 Å². The molecule has 22 heavy (non-hydrogen) atoms. The number of nitrogens with one attached hydrogen (secondary N) is 1. The number of aryl methyl sites for hydroxylation is 1. The molecule has 2 aromatic carbocycles. The molecule has 1 heterocycles. The molecule has 3 rings (SSSR count). The van der Waals surface area contributed by atoms with Crippen LogP contribution in [0.2, 0.25) is 0 Å². The molecule has 2 aromatic rings. The smallest absolute Gasteiger partial charge is 0.0359 e. The molecule has 3 N–H and O–H groups in total. The number of para-hydroxylation sites is 1. The predicted molar refractivity (Wildman–Crippen MR) is 94.0 cm³/mol. The molecule has 0 unspecified atom stereocenters. The van der Waals surface area contributed by atoms with Gasteiger partial charge in [0.05, 0.1) is 0 Å². The van der Waals surface area contributed by atoms with Crippen molar-refractivity contribution in [2.24, 2.45) is 0 Å². The summed E-state index contributed by atoms with van der Waals surface area (Å²) < 4.78 is 0. The molecule has 0 aliphatic carbocycles. The molecular formula is C19H25N3. The SMILES string of the molecule is Cc1ccc(NC2CCN(Cc3ccccc3N)CC2)cc1. The Morgan fingerprint density at radius 3 is 2.41 bits per heavy atom. The van der Waals surface area contributed by atoms with Crippen LogP contribution in [0.3, 0.4) is 0 Å². The Morgan fingerprint density at radius 1 is 1.05 bits per heavy atom. The monoisotopic (exact) mass is 295 g/mol. The Hall–Kier alpha value is -2.00. The van der Waals surface area contributed by atoms with Crippen molar-refractivity contribution in [1.82, 2.24) is 4.90 Å². The third kappa shape index (κ3) is 3.80. The lowest BCUT2D eigenvalue weighted by Crippen LogP contribution is -2.38. The zero-order valence-electron chi connectivity index (χ0n) is 13.3. The fraction of sp³-hybridized carbons (Fsp3) is 0.368. The lowest BCUT2D eigenvalue weighted by atomic mass is 10.0. The number of anilines is 2. The summed E-state index contributed by atoms with van der Waals surface area (Å²) in [6, 6.07) is 17.4. The van der Waals surface area contributed by atoms with Crippen LogP contribution < -0.4 is 11.1 Å². The van der Waals surface area contributed by atoms with Crippen LogP contribution in [0.5, 0.6) is 0 Å². The van der Waals surface area contributed by atoms with Crippen molar-refractivity contribution >= 4 is 11.4 Å².